The minimum absolute atomic E-state index is 0.147. The van der Waals surface area contributed by atoms with Gasteiger partial charge in [-0.15, -0.1) is 11.3 Å². The number of hydrogen-bond acceptors (Lipinski definition) is 7. The first-order valence-corrected chi connectivity index (χ1v) is 8.63. The smallest absolute Gasteiger partial charge is 0.335 e. The van der Waals surface area contributed by atoms with Gasteiger partial charge in [-0.05, 0) is 17.5 Å². The lowest BCUT2D eigenvalue weighted by molar-refractivity contribution is -0.122. The predicted octanol–water partition coefficient (Wildman–Crippen LogP) is 2.44. The standard InChI is InChI=1S/C18H16N2O6S/c1-24-13-7-10(8-14(25-2)15(13)26-3)20-17(22)12(16(21)19-18(20)23)9-11-5-4-6-27-11/h4-9H,1-3H3,(H,19,21,23)/b12-9-. The molecule has 27 heavy (non-hydrogen) atoms. The van der Waals surface area contributed by atoms with Crippen molar-refractivity contribution in [1.82, 2.24) is 5.32 Å². The third-order valence-electron chi connectivity index (χ3n) is 3.84. The number of anilines is 1. The second-order valence-electron chi connectivity index (χ2n) is 5.36. The third-order valence-corrected chi connectivity index (χ3v) is 4.66. The minimum Gasteiger partial charge on any atom is -0.493 e. The molecule has 3 rings (SSSR count). The molecular formula is C18H16N2O6S. The van der Waals surface area contributed by atoms with Crippen molar-refractivity contribution in [3.63, 3.8) is 0 Å². The van der Waals surface area contributed by atoms with Gasteiger partial charge >= 0.3 is 6.03 Å². The summed E-state index contributed by atoms with van der Waals surface area (Å²) in [6.45, 7) is 0. The number of nitrogens with one attached hydrogen (secondary N) is 1. The van der Waals surface area contributed by atoms with Gasteiger partial charge in [0.25, 0.3) is 11.8 Å². The Morgan fingerprint density at radius 1 is 1.04 bits per heavy atom. The van der Waals surface area contributed by atoms with E-state index in [4.69, 9.17) is 14.2 Å². The van der Waals surface area contributed by atoms with Gasteiger partial charge in [-0.3, -0.25) is 14.9 Å². The minimum atomic E-state index is -0.859. The number of carbonyl (C=O) groups is 3. The monoisotopic (exact) mass is 388 g/mol. The number of barbiturate groups is 1. The molecule has 1 fully saturated rings. The van der Waals surface area contributed by atoms with Crippen molar-refractivity contribution in [3.05, 3.63) is 40.1 Å². The van der Waals surface area contributed by atoms with Crippen LogP contribution in [0, 0.1) is 0 Å². The van der Waals surface area contributed by atoms with Crippen LogP contribution >= 0.6 is 11.3 Å². The van der Waals surface area contributed by atoms with E-state index in [1.165, 1.54) is 50.9 Å². The van der Waals surface area contributed by atoms with Crippen LogP contribution in [0.5, 0.6) is 17.2 Å². The van der Waals surface area contributed by atoms with E-state index in [1.807, 2.05) is 5.38 Å². The van der Waals surface area contributed by atoms with Crippen LogP contribution in [-0.2, 0) is 9.59 Å². The summed E-state index contributed by atoms with van der Waals surface area (Å²) in [6.07, 6.45) is 1.44. The molecular weight excluding hydrogens is 372 g/mol. The summed E-state index contributed by atoms with van der Waals surface area (Å²) < 4.78 is 15.8. The second-order valence-corrected chi connectivity index (χ2v) is 6.34. The van der Waals surface area contributed by atoms with Crippen LogP contribution in [0.4, 0.5) is 10.5 Å². The zero-order chi connectivity index (χ0) is 19.6. The maximum absolute atomic E-state index is 12.9. The van der Waals surface area contributed by atoms with E-state index in [1.54, 1.807) is 12.1 Å². The van der Waals surface area contributed by atoms with E-state index in [2.05, 4.69) is 5.32 Å². The fraction of sp³-hybridized carbons (Fsp3) is 0.167. The van der Waals surface area contributed by atoms with Crippen molar-refractivity contribution >= 4 is 40.9 Å². The maximum Gasteiger partial charge on any atom is 0.335 e. The first-order valence-electron chi connectivity index (χ1n) is 7.75. The lowest BCUT2D eigenvalue weighted by Crippen LogP contribution is -2.54. The third kappa shape index (κ3) is 3.36. The van der Waals surface area contributed by atoms with Gasteiger partial charge in [-0.25, -0.2) is 9.69 Å². The van der Waals surface area contributed by atoms with Crippen LogP contribution in [0.3, 0.4) is 0 Å². The highest BCUT2D eigenvalue weighted by molar-refractivity contribution is 7.10. The van der Waals surface area contributed by atoms with E-state index in [9.17, 15) is 14.4 Å². The number of imide groups is 2. The van der Waals surface area contributed by atoms with Crippen molar-refractivity contribution in [2.75, 3.05) is 26.2 Å². The van der Waals surface area contributed by atoms with Crippen LogP contribution in [0.2, 0.25) is 0 Å². The lowest BCUT2D eigenvalue weighted by atomic mass is 10.1. The van der Waals surface area contributed by atoms with Crippen LogP contribution in [0.15, 0.2) is 35.2 Å². The molecule has 0 saturated carbocycles. The van der Waals surface area contributed by atoms with Gasteiger partial charge in [0.05, 0.1) is 27.0 Å². The van der Waals surface area contributed by atoms with Gasteiger partial charge in [0.2, 0.25) is 5.75 Å². The number of thiophene rings is 1. The summed E-state index contributed by atoms with van der Waals surface area (Å²) in [7, 11) is 4.29. The SMILES string of the molecule is COc1cc(N2C(=O)NC(=O)/C(=C/c3cccs3)C2=O)cc(OC)c1OC. The summed E-state index contributed by atoms with van der Waals surface area (Å²) in [5.41, 5.74) is 0.0300. The Kier molecular flexibility index (Phi) is 5.13. The van der Waals surface area contributed by atoms with Crippen molar-refractivity contribution in [2.45, 2.75) is 0 Å². The molecule has 2 aromatic rings. The van der Waals surface area contributed by atoms with Crippen molar-refractivity contribution in [1.29, 1.82) is 0 Å². The molecule has 9 heteroatoms. The first-order chi connectivity index (χ1) is 13.0. The fourth-order valence-electron chi connectivity index (χ4n) is 2.60. The lowest BCUT2D eigenvalue weighted by Gasteiger charge is -2.27. The number of ether oxygens (including phenoxy) is 3. The molecule has 0 aliphatic carbocycles. The van der Waals surface area contributed by atoms with Gasteiger partial charge in [-0.1, -0.05) is 6.07 Å². The normalized spacial score (nSPS) is 15.7. The Bertz CT molecular complexity index is 910. The molecule has 1 aliphatic heterocycles. The summed E-state index contributed by atoms with van der Waals surface area (Å²) >= 11 is 1.37. The van der Waals surface area contributed by atoms with Crippen LogP contribution in [0.1, 0.15) is 4.88 Å². The first kappa shape index (κ1) is 18.5. The largest absolute Gasteiger partial charge is 0.493 e. The highest BCUT2D eigenvalue weighted by atomic mass is 32.1. The predicted molar refractivity (Wildman–Crippen MR) is 99.4 cm³/mol. The summed E-state index contributed by atoms with van der Waals surface area (Å²) in [5, 5.41) is 3.99. The average Bonchev–Trinajstić information content (AvgIpc) is 3.17. The second kappa shape index (κ2) is 7.50. The Morgan fingerprint density at radius 3 is 2.22 bits per heavy atom. The molecule has 0 radical (unpaired) electrons. The molecule has 8 nitrogen and oxygen atoms in total. The Labute approximate surface area is 158 Å². The molecule has 1 aromatic carbocycles. The summed E-state index contributed by atoms with van der Waals surface area (Å²) in [4.78, 5) is 39.0. The highest BCUT2D eigenvalue weighted by Crippen LogP contribution is 2.41. The van der Waals surface area contributed by atoms with E-state index in [0.717, 1.165) is 4.90 Å². The molecule has 1 aliphatic rings. The summed E-state index contributed by atoms with van der Waals surface area (Å²) in [5.74, 6) is -0.631. The Morgan fingerprint density at radius 2 is 1.70 bits per heavy atom. The van der Waals surface area contributed by atoms with E-state index >= 15 is 0 Å². The zero-order valence-electron chi connectivity index (χ0n) is 14.8. The number of amides is 4. The van der Waals surface area contributed by atoms with Gasteiger partial charge in [0, 0.05) is 17.0 Å². The maximum atomic E-state index is 12.9. The van der Waals surface area contributed by atoms with Crippen LogP contribution in [0.25, 0.3) is 6.08 Å². The number of hydrogen-bond donors (Lipinski definition) is 1. The number of methoxy groups -OCH3 is 3. The number of benzene rings is 1. The van der Waals surface area contributed by atoms with Crippen molar-refractivity contribution in [3.8, 4) is 17.2 Å². The average molecular weight is 388 g/mol. The molecule has 2 heterocycles. The topological polar surface area (TPSA) is 94.2 Å². The van der Waals surface area contributed by atoms with Crippen LogP contribution in [-0.4, -0.2) is 39.2 Å². The van der Waals surface area contributed by atoms with E-state index in [-0.39, 0.29) is 22.8 Å². The molecule has 1 N–H and O–H groups in total. The van der Waals surface area contributed by atoms with Gasteiger partial charge in [0.1, 0.15) is 5.57 Å². The molecule has 1 saturated heterocycles. The number of nitrogens with zero attached hydrogens (tertiary/aromatic N) is 1. The molecule has 4 amide bonds. The van der Waals surface area contributed by atoms with E-state index < -0.39 is 17.8 Å². The van der Waals surface area contributed by atoms with Crippen LogP contribution < -0.4 is 24.4 Å². The van der Waals surface area contributed by atoms with Crippen molar-refractivity contribution in [2.24, 2.45) is 0 Å². The van der Waals surface area contributed by atoms with E-state index in [0.29, 0.717) is 10.6 Å². The Hall–Kier alpha value is -3.33. The van der Waals surface area contributed by atoms with Crippen molar-refractivity contribution < 1.29 is 28.6 Å². The van der Waals surface area contributed by atoms with Gasteiger partial charge in [-0.2, -0.15) is 0 Å². The fourth-order valence-corrected chi connectivity index (χ4v) is 3.26. The molecule has 0 unspecified atom stereocenters. The number of rotatable bonds is 5. The van der Waals surface area contributed by atoms with Gasteiger partial charge in [0.15, 0.2) is 11.5 Å². The zero-order valence-corrected chi connectivity index (χ0v) is 15.6. The number of urea groups is 1. The Balaban J connectivity index is 2.08. The molecule has 140 valence electrons. The number of carbonyl (C=O) groups excluding carboxylic acids is 3. The quantitative estimate of drug-likeness (QED) is 0.625. The van der Waals surface area contributed by atoms with Gasteiger partial charge < -0.3 is 14.2 Å². The molecule has 0 spiro atoms. The summed E-state index contributed by atoms with van der Waals surface area (Å²) in [6, 6.07) is 5.61. The molecule has 0 bridgehead atoms. The highest BCUT2D eigenvalue weighted by Gasteiger charge is 2.37. The molecule has 1 aromatic heterocycles. The molecule has 0 atom stereocenters.